The minimum Gasteiger partial charge on any atom is -0.378 e. The summed E-state index contributed by atoms with van der Waals surface area (Å²) in [5, 5.41) is 4.62. The van der Waals surface area contributed by atoms with Crippen molar-refractivity contribution in [2.24, 2.45) is 0 Å². The van der Waals surface area contributed by atoms with E-state index in [-0.39, 0.29) is 24.0 Å². The lowest BCUT2D eigenvalue weighted by Crippen LogP contribution is -2.41. The van der Waals surface area contributed by atoms with Crippen molar-refractivity contribution in [1.29, 1.82) is 0 Å². The molecule has 170 valence electrons. The number of rotatable bonds is 4. The quantitative estimate of drug-likeness (QED) is 0.624. The van der Waals surface area contributed by atoms with Gasteiger partial charge >= 0.3 is 0 Å². The molecule has 1 aromatic carbocycles. The maximum absolute atomic E-state index is 13.3. The predicted molar refractivity (Wildman–Crippen MR) is 130 cm³/mol. The number of pyridine rings is 1. The normalized spacial score (nSPS) is 19.5. The molecule has 2 saturated heterocycles. The van der Waals surface area contributed by atoms with Gasteiger partial charge in [-0.2, -0.15) is 4.98 Å². The van der Waals surface area contributed by atoms with Crippen LogP contribution in [0.5, 0.6) is 0 Å². The van der Waals surface area contributed by atoms with Crippen molar-refractivity contribution < 1.29 is 4.74 Å². The van der Waals surface area contributed by atoms with Crippen molar-refractivity contribution in [3.63, 3.8) is 0 Å². The number of piperidine rings is 1. The third kappa shape index (κ3) is 4.72. The van der Waals surface area contributed by atoms with E-state index in [0.29, 0.717) is 49.3 Å². The monoisotopic (exact) mass is 456 g/mol. The van der Waals surface area contributed by atoms with E-state index >= 15 is 0 Å². The van der Waals surface area contributed by atoms with Gasteiger partial charge in [0.1, 0.15) is 11.4 Å². The average molecular weight is 457 g/mol. The minimum absolute atomic E-state index is 0. The molecule has 4 heterocycles. The lowest BCUT2D eigenvalue weighted by molar-refractivity contribution is 0.122. The Labute approximate surface area is 193 Å². The molecule has 0 aliphatic carbocycles. The molecule has 8 nitrogen and oxygen atoms in total. The second kappa shape index (κ2) is 9.85. The molecule has 0 amide bonds. The Morgan fingerprint density at radius 2 is 1.91 bits per heavy atom. The zero-order valence-corrected chi connectivity index (χ0v) is 19.0. The predicted octanol–water partition coefficient (Wildman–Crippen LogP) is 2.75. The van der Waals surface area contributed by atoms with E-state index in [2.05, 4.69) is 27.1 Å². The summed E-state index contributed by atoms with van der Waals surface area (Å²) in [7, 11) is 2.13. The van der Waals surface area contributed by atoms with Crippen molar-refractivity contribution in [1.82, 2.24) is 19.9 Å². The number of morpholine rings is 1. The number of benzene rings is 1. The van der Waals surface area contributed by atoms with Crippen LogP contribution in [0.3, 0.4) is 0 Å². The second-order valence-electron chi connectivity index (χ2n) is 8.35. The zero-order valence-electron chi connectivity index (χ0n) is 18.2. The minimum atomic E-state index is -0.175. The molecule has 9 heteroatoms. The number of likely N-dealkylation sites (N-methyl/N-ethyl adjacent to an activating group) is 1. The fourth-order valence-electron chi connectivity index (χ4n) is 4.41. The molecule has 0 bridgehead atoms. The van der Waals surface area contributed by atoms with Crippen LogP contribution in [0, 0.1) is 0 Å². The Morgan fingerprint density at radius 3 is 2.72 bits per heavy atom. The van der Waals surface area contributed by atoms with E-state index < -0.39 is 0 Å². The number of anilines is 2. The molecule has 32 heavy (non-hydrogen) atoms. The highest BCUT2D eigenvalue weighted by atomic mass is 35.5. The highest BCUT2D eigenvalue weighted by molar-refractivity contribution is 5.85. The molecule has 2 aromatic heterocycles. The van der Waals surface area contributed by atoms with E-state index in [1.165, 1.54) is 0 Å². The third-order valence-electron chi connectivity index (χ3n) is 6.04. The first kappa shape index (κ1) is 22.5. The maximum Gasteiger partial charge on any atom is 0.263 e. The molecule has 0 radical (unpaired) electrons. The average Bonchev–Trinajstić information content (AvgIpc) is 2.79. The summed E-state index contributed by atoms with van der Waals surface area (Å²) in [4.78, 5) is 30.3. The molecule has 1 atom stereocenters. The molecule has 0 spiro atoms. The number of ether oxygens (including phenoxy) is 1. The smallest absolute Gasteiger partial charge is 0.263 e. The van der Waals surface area contributed by atoms with E-state index in [1.54, 1.807) is 0 Å². The number of nitrogens with zero attached hydrogens (tertiary/aromatic N) is 4. The van der Waals surface area contributed by atoms with Crippen LogP contribution in [0.25, 0.3) is 22.2 Å². The van der Waals surface area contributed by atoms with Crippen molar-refractivity contribution >= 4 is 35.1 Å². The van der Waals surface area contributed by atoms with Gasteiger partial charge in [0, 0.05) is 31.1 Å². The van der Waals surface area contributed by atoms with Crippen LogP contribution in [0.15, 0.2) is 41.2 Å². The highest BCUT2D eigenvalue weighted by Gasteiger charge is 2.23. The maximum atomic E-state index is 13.3. The fourth-order valence-corrected chi connectivity index (χ4v) is 4.41. The van der Waals surface area contributed by atoms with Gasteiger partial charge in [-0.1, -0.05) is 24.3 Å². The second-order valence-corrected chi connectivity index (χ2v) is 8.35. The van der Waals surface area contributed by atoms with Crippen molar-refractivity contribution in [3.05, 3.63) is 46.8 Å². The summed E-state index contributed by atoms with van der Waals surface area (Å²) in [6.07, 6.45) is 2.17. The van der Waals surface area contributed by atoms with Gasteiger partial charge in [0.15, 0.2) is 0 Å². The van der Waals surface area contributed by atoms with Gasteiger partial charge in [-0.3, -0.25) is 9.78 Å². The Balaban J connectivity index is 0.00000245. The number of fused-ring (bicyclic) bond motifs is 1. The summed E-state index contributed by atoms with van der Waals surface area (Å²) < 4.78 is 5.46. The summed E-state index contributed by atoms with van der Waals surface area (Å²) >= 11 is 0. The zero-order chi connectivity index (χ0) is 21.2. The van der Waals surface area contributed by atoms with Crippen LogP contribution in [0.4, 0.5) is 11.8 Å². The number of nitrogens with one attached hydrogen (secondary N) is 2. The van der Waals surface area contributed by atoms with Crippen LogP contribution < -0.4 is 15.8 Å². The number of aromatic amines is 1. The lowest BCUT2D eigenvalue weighted by Gasteiger charge is -2.32. The molecule has 3 aromatic rings. The van der Waals surface area contributed by atoms with E-state index in [9.17, 15) is 4.79 Å². The van der Waals surface area contributed by atoms with Gasteiger partial charge in [-0.05, 0) is 38.6 Å². The van der Waals surface area contributed by atoms with Gasteiger partial charge in [-0.15, -0.1) is 12.4 Å². The van der Waals surface area contributed by atoms with Gasteiger partial charge in [-0.25, -0.2) is 4.98 Å². The largest absolute Gasteiger partial charge is 0.378 e. The Hall–Kier alpha value is -2.68. The third-order valence-corrected chi connectivity index (χ3v) is 6.04. The molecule has 5 rings (SSSR count). The van der Waals surface area contributed by atoms with Gasteiger partial charge < -0.3 is 19.9 Å². The van der Waals surface area contributed by atoms with E-state index in [4.69, 9.17) is 14.7 Å². The van der Waals surface area contributed by atoms with Gasteiger partial charge in [0.2, 0.25) is 5.95 Å². The van der Waals surface area contributed by atoms with Crippen molar-refractivity contribution in [2.75, 3.05) is 56.7 Å². The first-order valence-electron chi connectivity index (χ1n) is 11.0. The van der Waals surface area contributed by atoms with Gasteiger partial charge in [0.25, 0.3) is 5.56 Å². The van der Waals surface area contributed by atoms with Crippen LogP contribution in [-0.2, 0) is 4.74 Å². The molecule has 0 saturated carbocycles. The molecule has 2 N–H and O–H groups in total. The fraction of sp³-hybridized carbons (Fsp3) is 0.435. The topological polar surface area (TPSA) is 86.4 Å². The molecule has 1 unspecified atom stereocenters. The molecule has 2 aliphatic heterocycles. The van der Waals surface area contributed by atoms with E-state index in [0.717, 1.165) is 36.8 Å². The van der Waals surface area contributed by atoms with Gasteiger partial charge in [0.05, 0.1) is 24.4 Å². The first-order chi connectivity index (χ1) is 15.2. The van der Waals surface area contributed by atoms with Crippen LogP contribution in [0.2, 0.25) is 0 Å². The number of hydrogen-bond acceptors (Lipinski definition) is 7. The number of likely N-dealkylation sites (tertiary alicyclic amines) is 1. The summed E-state index contributed by atoms with van der Waals surface area (Å²) in [5.41, 5.74) is 1.81. The van der Waals surface area contributed by atoms with Crippen LogP contribution in [0.1, 0.15) is 12.8 Å². The van der Waals surface area contributed by atoms with E-state index in [1.807, 2.05) is 36.4 Å². The van der Waals surface area contributed by atoms with Crippen molar-refractivity contribution in [3.8, 4) is 11.3 Å². The summed E-state index contributed by atoms with van der Waals surface area (Å²) in [5.74, 6) is 1.19. The Bertz CT molecular complexity index is 1130. The standard InChI is InChI=1S/C23H28N6O2.ClH/c1-28-10-4-6-17(15-28)24-21-20(19-9-8-16-5-2-3-7-18(16)25-19)22(30)27-23(26-21)29-11-13-31-14-12-29;/h2-3,5,7-9,17H,4,6,10-15H2,1H3,(H2,24,26,27,30);1H. The SMILES string of the molecule is CN1CCCC(Nc2nc(N3CCOCC3)[nH]c(=O)c2-c2ccc3ccccc3n2)C1.Cl. The Morgan fingerprint density at radius 1 is 1.09 bits per heavy atom. The van der Waals surface area contributed by atoms with Crippen LogP contribution >= 0.6 is 12.4 Å². The molecule has 2 aliphatic rings. The first-order valence-corrected chi connectivity index (χ1v) is 11.0. The number of para-hydroxylation sites is 1. The summed E-state index contributed by atoms with van der Waals surface area (Å²) in [6, 6.07) is 12.1. The number of halogens is 1. The molecular formula is C23H29ClN6O2. The number of H-pyrrole nitrogens is 1. The molecular weight excluding hydrogens is 428 g/mol. The highest BCUT2D eigenvalue weighted by Crippen LogP contribution is 2.27. The van der Waals surface area contributed by atoms with Crippen molar-refractivity contribution in [2.45, 2.75) is 18.9 Å². The number of hydrogen-bond donors (Lipinski definition) is 2. The number of aromatic nitrogens is 3. The lowest BCUT2D eigenvalue weighted by atomic mass is 10.1. The summed E-state index contributed by atoms with van der Waals surface area (Å²) in [6.45, 7) is 4.71. The van der Waals surface area contributed by atoms with Crippen LogP contribution in [-0.4, -0.2) is 72.3 Å². The Kier molecular flexibility index (Phi) is 6.93. The molecule has 2 fully saturated rings.